The number of hydrogen-bond donors (Lipinski definition) is 2. The van der Waals surface area contributed by atoms with Crippen LogP contribution in [-0.2, 0) is 0 Å². The van der Waals surface area contributed by atoms with Gasteiger partial charge in [0.15, 0.2) is 17.4 Å². The summed E-state index contributed by atoms with van der Waals surface area (Å²) in [4.78, 5) is 7.10. The summed E-state index contributed by atoms with van der Waals surface area (Å²) >= 11 is 0. The van der Waals surface area contributed by atoms with Crippen LogP contribution >= 0.6 is 0 Å². The van der Waals surface area contributed by atoms with Gasteiger partial charge < -0.3 is 20.1 Å². The predicted octanol–water partition coefficient (Wildman–Crippen LogP) is 3.85. The average Bonchev–Trinajstić information content (AvgIpc) is 2.99. The fourth-order valence-corrected chi connectivity index (χ4v) is 2.16. The molecule has 0 spiro atoms. The van der Waals surface area contributed by atoms with E-state index in [1.54, 1.807) is 0 Å². The molecule has 3 N–H and O–H groups in total. The third kappa shape index (κ3) is 4.91. The van der Waals surface area contributed by atoms with Crippen molar-refractivity contribution in [3.63, 3.8) is 0 Å². The fourth-order valence-electron chi connectivity index (χ4n) is 2.16. The fraction of sp³-hybridized carbons (Fsp3) is 0.333. The Labute approximate surface area is 153 Å². The number of imidazole rings is 1. The first-order valence-electron chi connectivity index (χ1n) is 7.43. The SMILES string of the molecule is C=C(CCF)n1cc(-c2cnc(N)c(OC(F)(F)F)c2)nc1[C@H](O)C(F)(F)F. The Morgan fingerprint density at radius 2 is 1.93 bits per heavy atom. The monoisotopic (exact) mass is 414 g/mol. The van der Waals surface area contributed by atoms with E-state index in [0.717, 1.165) is 18.5 Å². The topological polar surface area (TPSA) is 86.2 Å². The van der Waals surface area contributed by atoms with Crippen molar-refractivity contribution in [1.82, 2.24) is 14.5 Å². The number of aliphatic hydroxyl groups excluding tert-OH is 1. The van der Waals surface area contributed by atoms with Crippen LogP contribution in [0.15, 0.2) is 25.0 Å². The number of nitrogens with two attached hydrogens (primary N) is 1. The Bertz CT molecular complexity index is 861. The van der Waals surface area contributed by atoms with Gasteiger partial charge in [-0.05, 0) is 6.07 Å². The van der Waals surface area contributed by atoms with Crippen LogP contribution in [0.4, 0.5) is 36.6 Å². The second kappa shape index (κ2) is 7.66. The second-order valence-electron chi connectivity index (χ2n) is 5.46. The second-order valence-corrected chi connectivity index (χ2v) is 5.46. The van der Waals surface area contributed by atoms with Gasteiger partial charge in [0.25, 0.3) is 0 Å². The number of pyridine rings is 1. The van der Waals surface area contributed by atoms with Crippen molar-refractivity contribution in [2.75, 3.05) is 12.4 Å². The third-order valence-corrected chi connectivity index (χ3v) is 3.41. The van der Waals surface area contributed by atoms with Gasteiger partial charge in [-0.3, -0.25) is 4.39 Å². The van der Waals surface area contributed by atoms with Crippen molar-refractivity contribution in [2.24, 2.45) is 0 Å². The molecule has 0 radical (unpaired) electrons. The van der Waals surface area contributed by atoms with Gasteiger partial charge in [-0.15, -0.1) is 13.2 Å². The lowest BCUT2D eigenvalue weighted by Crippen LogP contribution is -2.23. The minimum atomic E-state index is -5.10. The summed E-state index contributed by atoms with van der Waals surface area (Å²) in [6, 6.07) is 0.768. The highest BCUT2D eigenvalue weighted by molar-refractivity contribution is 5.65. The molecule has 13 heteroatoms. The minimum absolute atomic E-state index is 0.158. The lowest BCUT2D eigenvalue weighted by Gasteiger charge is -2.16. The van der Waals surface area contributed by atoms with E-state index in [1.807, 2.05) is 0 Å². The van der Waals surface area contributed by atoms with E-state index in [2.05, 4.69) is 21.3 Å². The van der Waals surface area contributed by atoms with Crippen LogP contribution in [0.5, 0.6) is 5.75 Å². The van der Waals surface area contributed by atoms with E-state index in [9.17, 15) is 35.8 Å². The maximum atomic E-state index is 12.9. The van der Waals surface area contributed by atoms with Crippen LogP contribution in [0.25, 0.3) is 17.0 Å². The zero-order chi connectivity index (χ0) is 21.3. The van der Waals surface area contributed by atoms with Gasteiger partial charge in [0, 0.05) is 30.1 Å². The molecule has 0 aliphatic rings. The van der Waals surface area contributed by atoms with Gasteiger partial charge in [0.2, 0.25) is 6.10 Å². The molecule has 0 amide bonds. The highest BCUT2D eigenvalue weighted by Crippen LogP contribution is 2.36. The van der Waals surface area contributed by atoms with Gasteiger partial charge in [-0.1, -0.05) is 6.58 Å². The van der Waals surface area contributed by atoms with Gasteiger partial charge in [0.05, 0.1) is 12.4 Å². The van der Waals surface area contributed by atoms with Crippen molar-refractivity contribution in [1.29, 1.82) is 0 Å². The standard InChI is InChI=1S/C15H13F7N4O2/c1-7(2-3-16)26-6-9(25-13(26)11(27)14(17,18)19)8-4-10(12(23)24-5-8)28-15(20,21)22/h4-6,11,27H,1-3H2,(H2,23,24)/t11-/m0/s1. The summed E-state index contributed by atoms with van der Waals surface area (Å²) in [5.74, 6) is -2.44. The summed E-state index contributed by atoms with van der Waals surface area (Å²) < 4.78 is 92.9. The molecule has 0 aliphatic carbocycles. The Balaban J connectivity index is 2.55. The summed E-state index contributed by atoms with van der Waals surface area (Å²) in [7, 11) is 0. The van der Waals surface area contributed by atoms with Gasteiger partial charge in [-0.25, -0.2) is 9.97 Å². The molecule has 0 saturated heterocycles. The molecule has 154 valence electrons. The van der Waals surface area contributed by atoms with Crippen LogP contribution in [0.2, 0.25) is 0 Å². The van der Waals surface area contributed by atoms with Gasteiger partial charge in [0.1, 0.15) is 0 Å². The summed E-state index contributed by atoms with van der Waals surface area (Å²) in [5, 5.41) is 9.51. The van der Waals surface area contributed by atoms with Crippen LogP contribution < -0.4 is 10.5 Å². The van der Waals surface area contributed by atoms with E-state index < -0.39 is 42.7 Å². The number of allylic oxidation sites excluding steroid dienone is 1. The Morgan fingerprint density at radius 1 is 1.29 bits per heavy atom. The maximum Gasteiger partial charge on any atom is 0.573 e. The third-order valence-electron chi connectivity index (χ3n) is 3.41. The van der Waals surface area contributed by atoms with Gasteiger partial charge >= 0.3 is 12.5 Å². The number of anilines is 1. The lowest BCUT2D eigenvalue weighted by molar-refractivity contribution is -0.274. The largest absolute Gasteiger partial charge is 0.573 e. The van der Waals surface area contributed by atoms with Crippen molar-refractivity contribution in [2.45, 2.75) is 25.1 Å². The van der Waals surface area contributed by atoms with E-state index >= 15 is 0 Å². The predicted molar refractivity (Wildman–Crippen MR) is 83.5 cm³/mol. The number of alkyl halides is 7. The van der Waals surface area contributed by atoms with Crippen molar-refractivity contribution >= 4 is 11.5 Å². The zero-order valence-corrected chi connectivity index (χ0v) is 13.9. The summed E-state index contributed by atoms with van der Waals surface area (Å²) in [6.45, 7) is 2.48. The molecule has 2 aromatic rings. The summed E-state index contributed by atoms with van der Waals surface area (Å²) in [6.07, 6.45) is -11.7. The van der Waals surface area contributed by atoms with E-state index in [0.29, 0.717) is 4.57 Å². The average molecular weight is 414 g/mol. The molecule has 0 bridgehead atoms. The quantitative estimate of drug-likeness (QED) is 0.702. The minimum Gasteiger partial charge on any atom is -0.402 e. The number of hydrogen-bond acceptors (Lipinski definition) is 5. The smallest absolute Gasteiger partial charge is 0.402 e. The highest BCUT2D eigenvalue weighted by atomic mass is 19.4. The molecular formula is C15H13F7N4O2. The molecule has 2 heterocycles. The summed E-state index contributed by atoms with van der Waals surface area (Å²) in [5.41, 5.74) is 4.66. The number of rotatable bonds is 6. The normalized spacial score (nSPS) is 13.4. The number of halogens is 7. The highest BCUT2D eigenvalue weighted by Gasteiger charge is 2.43. The Morgan fingerprint density at radius 3 is 2.46 bits per heavy atom. The van der Waals surface area contributed by atoms with E-state index in [-0.39, 0.29) is 23.4 Å². The number of aliphatic hydroxyl groups is 1. The molecule has 2 aromatic heterocycles. The van der Waals surface area contributed by atoms with Gasteiger partial charge in [-0.2, -0.15) is 13.2 Å². The first-order chi connectivity index (χ1) is 12.8. The molecule has 2 rings (SSSR count). The maximum absolute atomic E-state index is 12.9. The van der Waals surface area contributed by atoms with Crippen molar-refractivity contribution < 1.29 is 40.6 Å². The molecule has 0 saturated carbocycles. The number of ether oxygens (including phenoxy) is 1. The Hall–Kier alpha value is -2.83. The Kier molecular flexibility index (Phi) is 5.87. The first kappa shape index (κ1) is 21.5. The van der Waals surface area contributed by atoms with Crippen LogP contribution in [0, 0.1) is 0 Å². The number of nitrogen functional groups attached to an aromatic ring is 1. The molecule has 28 heavy (non-hydrogen) atoms. The lowest BCUT2D eigenvalue weighted by atomic mass is 10.2. The molecule has 6 nitrogen and oxygen atoms in total. The molecule has 1 atom stereocenters. The molecule has 0 aromatic carbocycles. The molecular weight excluding hydrogens is 401 g/mol. The first-order valence-corrected chi connectivity index (χ1v) is 7.43. The van der Waals surface area contributed by atoms with Crippen LogP contribution in [0.3, 0.4) is 0 Å². The number of aromatic nitrogens is 3. The van der Waals surface area contributed by atoms with E-state index in [1.165, 1.54) is 0 Å². The van der Waals surface area contributed by atoms with Crippen molar-refractivity contribution in [3.8, 4) is 17.0 Å². The van der Waals surface area contributed by atoms with E-state index in [4.69, 9.17) is 5.73 Å². The van der Waals surface area contributed by atoms with Crippen molar-refractivity contribution in [3.05, 3.63) is 30.9 Å². The van der Waals surface area contributed by atoms with Crippen LogP contribution in [-0.4, -0.2) is 38.9 Å². The van der Waals surface area contributed by atoms with Crippen LogP contribution in [0.1, 0.15) is 18.3 Å². The number of nitrogens with zero attached hydrogens (tertiary/aromatic N) is 3. The molecule has 0 fully saturated rings. The molecule has 0 unspecified atom stereocenters. The molecule has 0 aliphatic heterocycles. The zero-order valence-electron chi connectivity index (χ0n) is 13.9.